The van der Waals surface area contributed by atoms with Gasteiger partial charge < -0.3 is 9.47 Å². The van der Waals surface area contributed by atoms with E-state index in [9.17, 15) is 0 Å². The Labute approximate surface area is 178 Å². The number of nitrogens with zero attached hydrogens (tertiary/aromatic N) is 1. The van der Waals surface area contributed by atoms with Crippen LogP contribution in [0.5, 0.6) is 5.75 Å². The van der Waals surface area contributed by atoms with Crippen molar-refractivity contribution in [2.45, 2.75) is 12.8 Å². The van der Waals surface area contributed by atoms with E-state index in [0.29, 0.717) is 0 Å². The molecule has 0 saturated carbocycles. The van der Waals surface area contributed by atoms with Gasteiger partial charge in [-0.25, -0.2) is 0 Å². The van der Waals surface area contributed by atoms with Crippen LogP contribution in [0.3, 0.4) is 0 Å². The Hall–Kier alpha value is -2.88. The third-order valence-electron chi connectivity index (χ3n) is 6.03. The molecule has 3 nitrogen and oxygen atoms in total. The van der Waals surface area contributed by atoms with Crippen LogP contribution in [0.1, 0.15) is 28.2 Å². The van der Waals surface area contributed by atoms with E-state index >= 15 is 0 Å². The van der Waals surface area contributed by atoms with Gasteiger partial charge in [0.25, 0.3) is 0 Å². The summed E-state index contributed by atoms with van der Waals surface area (Å²) in [6, 6.07) is 27.9. The first-order chi connectivity index (χ1) is 14.8. The van der Waals surface area contributed by atoms with Crippen LogP contribution in [0.2, 0.25) is 0 Å². The molecule has 2 aliphatic rings. The van der Waals surface area contributed by atoms with Crippen LogP contribution in [0.25, 0.3) is 5.76 Å². The number of morpholine rings is 1. The minimum absolute atomic E-state index is 0.175. The van der Waals surface area contributed by atoms with Crippen molar-refractivity contribution < 1.29 is 9.47 Å². The molecule has 3 heteroatoms. The van der Waals surface area contributed by atoms with E-state index in [-0.39, 0.29) is 5.92 Å². The molecule has 152 valence electrons. The maximum atomic E-state index is 6.57. The summed E-state index contributed by atoms with van der Waals surface area (Å²) in [4.78, 5) is 2.49. The standard InChI is InChI=1S/C27H27NO2/c1-20-11-13-21(14-12-20)26-23-9-5-6-10-25(23)30-27(22-7-3-2-4-8-22)24(26)19-28-15-17-29-18-16-28/h2-14,26H,15-19H2,1H3/t26-/m0/s1. The van der Waals surface area contributed by atoms with Crippen LogP contribution in [-0.4, -0.2) is 37.7 Å². The minimum atomic E-state index is 0.175. The van der Waals surface area contributed by atoms with Crippen LogP contribution in [0.15, 0.2) is 84.4 Å². The van der Waals surface area contributed by atoms with Crippen molar-refractivity contribution in [1.29, 1.82) is 0 Å². The van der Waals surface area contributed by atoms with Gasteiger partial charge in [0.05, 0.1) is 13.2 Å². The number of benzene rings is 3. The van der Waals surface area contributed by atoms with Crippen LogP contribution in [0, 0.1) is 6.92 Å². The molecule has 0 spiro atoms. The average molecular weight is 398 g/mol. The Morgan fingerprint density at radius 2 is 1.53 bits per heavy atom. The van der Waals surface area contributed by atoms with E-state index in [2.05, 4.69) is 90.7 Å². The van der Waals surface area contributed by atoms with Crippen LogP contribution in [0.4, 0.5) is 0 Å². The molecular formula is C27H27NO2. The van der Waals surface area contributed by atoms with Crippen molar-refractivity contribution in [3.8, 4) is 5.75 Å². The van der Waals surface area contributed by atoms with Crippen molar-refractivity contribution in [3.63, 3.8) is 0 Å². The van der Waals surface area contributed by atoms with Gasteiger partial charge in [0.1, 0.15) is 11.5 Å². The molecule has 2 aliphatic heterocycles. The first-order valence-electron chi connectivity index (χ1n) is 10.7. The van der Waals surface area contributed by atoms with Crippen molar-refractivity contribution in [3.05, 3.63) is 107 Å². The third-order valence-corrected chi connectivity index (χ3v) is 6.03. The number of ether oxygens (including phenoxy) is 2. The molecule has 0 bridgehead atoms. The molecule has 2 heterocycles. The molecule has 0 radical (unpaired) electrons. The van der Waals surface area contributed by atoms with Gasteiger partial charge in [-0.05, 0) is 24.1 Å². The molecular weight excluding hydrogens is 370 g/mol. The van der Waals surface area contributed by atoms with Gasteiger partial charge in [-0.2, -0.15) is 0 Å². The zero-order valence-electron chi connectivity index (χ0n) is 17.4. The monoisotopic (exact) mass is 397 g/mol. The fraction of sp³-hybridized carbons (Fsp3) is 0.259. The molecule has 0 aliphatic carbocycles. The minimum Gasteiger partial charge on any atom is -0.456 e. The summed E-state index contributed by atoms with van der Waals surface area (Å²) in [7, 11) is 0. The van der Waals surface area contributed by atoms with E-state index in [4.69, 9.17) is 9.47 Å². The van der Waals surface area contributed by atoms with Crippen LogP contribution in [-0.2, 0) is 4.74 Å². The fourth-order valence-corrected chi connectivity index (χ4v) is 4.44. The van der Waals surface area contributed by atoms with Crippen molar-refractivity contribution in [2.24, 2.45) is 0 Å². The number of aryl methyl sites for hydroxylation is 1. The quantitative estimate of drug-likeness (QED) is 0.599. The second kappa shape index (κ2) is 8.47. The summed E-state index contributed by atoms with van der Waals surface area (Å²) in [5, 5.41) is 0. The predicted molar refractivity (Wildman–Crippen MR) is 121 cm³/mol. The summed E-state index contributed by atoms with van der Waals surface area (Å²) >= 11 is 0. The van der Waals surface area contributed by atoms with Crippen molar-refractivity contribution in [1.82, 2.24) is 4.90 Å². The Morgan fingerprint density at radius 3 is 2.30 bits per heavy atom. The predicted octanol–water partition coefficient (Wildman–Crippen LogP) is 5.26. The number of hydrogen-bond acceptors (Lipinski definition) is 3. The van der Waals surface area contributed by atoms with Gasteiger partial charge in [-0.15, -0.1) is 0 Å². The molecule has 0 N–H and O–H groups in total. The van der Waals surface area contributed by atoms with E-state index in [1.807, 2.05) is 0 Å². The Kier molecular flexibility index (Phi) is 5.39. The highest BCUT2D eigenvalue weighted by atomic mass is 16.5. The molecule has 5 rings (SSSR count). The molecule has 1 atom stereocenters. The molecule has 0 amide bonds. The number of hydrogen-bond donors (Lipinski definition) is 0. The van der Waals surface area contributed by atoms with Gasteiger partial charge in [-0.1, -0.05) is 78.4 Å². The smallest absolute Gasteiger partial charge is 0.136 e. The lowest BCUT2D eigenvalue weighted by Crippen LogP contribution is -2.39. The van der Waals surface area contributed by atoms with E-state index in [1.54, 1.807) is 0 Å². The summed E-state index contributed by atoms with van der Waals surface area (Å²) in [6.45, 7) is 6.50. The number of fused-ring (bicyclic) bond motifs is 1. The van der Waals surface area contributed by atoms with E-state index in [1.165, 1.54) is 22.3 Å². The molecule has 1 fully saturated rings. The summed E-state index contributed by atoms with van der Waals surface area (Å²) in [6.07, 6.45) is 0. The number of para-hydroxylation sites is 1. The second-order valence-corrected chi connectivity index (χ2v) is 8.09. The van der Waals surface area contributed by atoms with Gasteiger partial charge in [0.2, 0.25) is 0 Å². The summed E-state index contributed by atoms with van der Waals surface area (Å²) < 4.78 is 12.2. The zero-order chi connectivity index (χ0) is 20.3. The molecule has 1 saturated heterocycles. The Bertz CT molecular complexity index is 1030. The zero-order valence-corrected chi connectivity index (χ0v) is 17.4. The average Bonchev–Trinajstić information content (AvgIpc) is 2.81. The largest absolute Gasteiger partial charge is 0.456 e. The lowest BCUT2D eigenvalue weighted by molar-refractivity contribution is 0.0417. The molecule has 30 heavy (non-hydrogen) atoms. The molecule has 0 unspecified atom stereocenters. The van der Waals surface area contributed by atoms with E-state index in [0.717, 1.165) is 49.9 Å². The molecule has 0 aromatic heterocycles. The molecule has 3 aromatic carbocycles. The highest BCUT2D eigenvalue weighted by Gasteiger charge is 2.32. The first kappa shape index (κ1) is 19.1. The lowest BCUT2D eigenvalue weighted by Gasteiger charge is -2.35. The SMILES string of the molecule is Cc1ccc([C@@H]2C(CN3CCOCC3)=C(c3ccccc3)Oc3ccccc32)cc1. The second-order valence-electron chi connectivity index (χ2n) is 8.09. The lowest BCUT2D eigenvalue weighted by atomic mass is 9.80. The van der Waals surface area contributed by atoms with Crippen molar-refractivity contribution >= 4 is 5.76 Å². The summed E-state index contributed by atoms with van der Waals surface area (Å²) in [5.41, 5.74) is 6.29. The highest BCUT2D eigenvalue weighted by molar-refractivity contribution is 5.72. The van der Waals surface area contributed by atoms with Gasteiger partial charge in [0.15, 0.2) is 0 Å². The van der Waals surface area contributed by atoms with E-state index < -0.39 is 0 Å². The van der Waals surface area contributed by atoms with Gasteiger partial charge >= 0.3 is 0 Å². The maximum absolute atomic E-state index is 6.57. The highest BCUT2D eigenvalue weighted by Crippen LogP contribution is 2.45. The normalized spacial score (nSPS) is 19.3. The Balaban J connectivity index is 1.67. The topological polar surface area (TPSA) is 21.7 Å². The third kappa shape index (κ3) is 3.79. The first-order valence-corrected chi connectivity index (χ1v) is 10.7. The van der Waals surface area contributed by atoms with Gasteiger partial charge in [-0.3, -0.25) is 4.90 Å². The van der Waals surface area contributed by atoms with Crippen LogP contribution < -0.4 is 4.74 Å². The fourth-order valence-electron chi connectivity index (χ4n) is 4.44. The molecule has 3 aromatic rings. The Morgan fingerprint density at radius 1 is 0.833 bits per heavy atom. The van der Waals surface area contributed by atoms with Gasteiger partial charge in [0, 0.05) is 36.7 Å². The van der Waals surface area contributed by atoms with Crippen molar-refractivity contribution in [2.75, 3.05) is 32.8 Å². The van der Waals surface area contributed by atoms with Crippen LogP contribution >= 0.6 is 0 Å². The number of rotatable bonds is 4. The summed E-state index contributed by atoms with van der Waals surface area (Å²) in [5.74, 6) is 2.12. The maximum Gasteiger partial charge on any atom is 0.136 e.